The van der Waals surface area contributed by atoms with Gasteiger partial charge in [0.05, 0.1) is 0 Å². The molecule has 0 fully saturated rings. The number of nitrogens with one attached hydrogen (secondary N) is 2. The van der Waals surface area contributed by atoms with Gasteiger partial charge in [-0.15, -0.1) is 0 Å². The highest BCUT2D eigenvalue weighted by Gasteiger charge is 2.04. The maximum atomic E-state index is 5.42. The molecule has 0 aliphatic rings. The SMILES string of the molecule is CCCOCCCNc1cc(NN)nc(COCC)n1. The van der Waals surface area contributed by atoms with E-state index in [4.69, 9.17) is 15.3 Å². The fourth-order valence-electron chi connectivity index (χ4n) is 1.56. The minimum atomic E-state index is 0.375. The molecule has 0 saturated carbocycles. The van der Waals surface area contributed by atoms with Crippen molar-refractivity contribution in [2.24, 2.45) is 5.84 Å². The Morgan fingerprint density at radius 3 is 2.65 bits per heavy atom. The number of hydrogen-bond donors (Lipinski definition) is 3. The molecule has 0 radical (unpaired) electrons. The third-order valence-corrected chi connectivity index (χ3v) is 2.48. The number of rotatable bonds is 11. The molecular formula is C13H25N5O2. The van der Waals surface area contributed by atoms with Gasteiger partial charge in [0.1, 0.15) is 18.2 Å². The van der Waals surface area contributed by atoms with Gasteiger partial charge in [-0.05, 0) is 19.8 Å². The first-order valence-electron chi connectivity index (χ1n) is 7.04. The first kappa shape index (κ1) is 16.6. The van der Waals surface area contributed by atoms with Gasteiger partial charge < -0.3 is 20.2 Å². The summed E-state index contributed by atoms with van der Waals surface area (Å²) in [4.78, 5) is 8.59. The van der Waals surface area contributed by atoms with Crippen LogP contribution in [0.2, 0.25) is 0 Å². The standard InChI is InChI=1S/C13H25N5O2/c1-3-7-20-8-5-6-15-11-9-12(18-14)17-13(16-11)10-19-4-2/h9H,3-8,10,14H2,1-2H3,(H2,15,16,17,18). The summed E-state index contributed by atoms with van der Waals surface area (Å²) in [7, 11) is 0. The van der Waals surface area contributed by atoms with Crippen LogP contribution in [0.1, 0.15) is 32.5 Å². The first-order valence-corrected chi connectivity index (χ1v) is 7.04. The van der Waals surface area contributed by atoms with Gasteiger partial charge in [-0.2, -0.15) is 0 Å². The minimum Gasteiger partial charge on any atom is -0.381 e. The van der Waals surface area contributed by atoms with Crippen molar-refractivity contribution in [3.05, 3.63) is 11.9 Å². The van der Waals surface area contributed by atoms with E-state index in [1.54, 1.807) is 6.07 Å². The molecule has 0 amide bonds. The van der Waals surface area contributed by atoms with Gasteiger partial charge in [0.2, 0.25) is 0 Å². The smallest absolute Gasteiger partial charge is 0.158 e. The largest absolute Gasteiger partial charge is 0.381 e. The summed E-state index contributed by atoms with van der Waals surface area (Å²) in [6, 6.07) is 1.77. The fourth-order valence-corrected chi connectivity index (χ4v) is 1.56. The minimum absolute atomic E-state index is 0.375. The number of hydrogen-bond acceptors (Lipinski definition) is 7. The van der Waals surface area contributed by atoms with E-state index in [9.17, 15) is 0 Å². The van der Waals surface area contributed by atoms with Gasteiger partial charge in [-0.25, -0.2) is 15.8 Å². The number of hydrazine groups is 1. The van der Waals surface area contributed by atoms with Gasteiger partial charge >= 0.3 is 0 Å². The molecule has 0 saturated heterocycles. The van der Waals surface area contributed by atoms with Crippen LogP contribution in [0.25, 0.3) is 0 Å². The lowest BCUT2D eigenvalue weighted by Gasteiger charge is -2.10. The van der Waals surface area contributed by atoms with Crippen molar-refractivity contribution in [3.63, 3.8) is 0 Å². The third-order valence-electron chi connectivity index (χ3n) is 2.48. The summed E-state index contributed by atoms with van der Waals surface area (Å²) in [5.74, 6) is 7.30. The summed E-state index contributed by atoms with van der Waals surface area (Å²) >= 11 is 0. The molecule has 0 unspecified atom stereocenters. The van der Waals surface area contributed by atoms with E-state index in [-0.39, 0.29) is 0 Å². The molecule has 1 aromatic rings. The number of nitrogens with two attached hydrogens (primary N) is 1. The predicted octanol–water partition coefficient (Wildman–Crippen LogP) is 1.53. The lowest BCUT2D eigenvalue weighted by Crippen LogP contribution is -2.14. The monoisotopic (exact) mass is 283 g/mol. The second kappa shape index (κ2) is 10.4. The highest BCUT2D eigenvalue weighted by atomic mass is 16.5. The van der Waals surface area contributed by atoms with Crippen LogP contribution >= 0.6 is 0 Å². The zero-order valence-corrected chi connectivity index (χ0v) is 12.3. The molecule has 0 aliphatic carbocycles. The van der Waals surface area contributed by atoms with Gasteiger partial charge in [-0.3, -0.25) is 0 Å². The van der Waals surface area contributed by atoms with Gasteiger partial charge in [0, 0.05) is 32.4 Å². The van der Waals surface area contributed by atoms with Crippen molar-refractivity contribution >= 4 is 11.6 Å². The Hall–Kier alpha value is -1.44. The Labute approximate surface area is 120 Å². The van der Waals surface area contributed by atoms with E-state index >= 15 is 0 Å². The Balaban J connectivity index is 2.42. The average molecular weight is 283 g/mol. The molecule has 1 heterocycles. The maximum absolute atomic E-state index is 5.42. The number of aromatic nitrogens is 2. The first-order chi connectivity index (χ1) is 9.80. The second-order valence-electron chi connectivity index (χ2n) is 4.23. The van der Waals surface area contributed by atoms with Crippen LogP contribution in [0.15, 0.2) is 6.07 Å². The Morgan fingerprint density at radius 1 is 1.15 bits per heavy atom. The van der Waals surface area contributed by atoms with Crippen LogP contribution < -0.4 is 16.6 Å². The van der Waals surface area contributed by atoms with Gasteiger partial charge in [0.25, 0.3) is 0 Å². The molecule has 0 aliphatic heterocycles. The molecule has 114 valence electrons. The van der Waals surface area contributed by atoms with Crippen LogP contribution in [0.3, 0.4) is 0 Å². The van der Waals surface area contributed by atoms with Crippen molar-refractivity contribution in [3.8, 4) is 0 Å². The van der Waals surface area contributed by atoms with Gasteiger partial charge in [0.15, 0.2) is 5.82 Å². The third kappa shape index (κ3) is 6.65. The summed E-state index contributed by atoms with van der Waals surface area (Å²) in [6.07, 6.45) is 1.97. The summed E-state index contributed by atoms with van der Waals surface area (Å²) in [5.41, 5.74) is 2.53. The summed E-state index contributed by atoms with van der Waals surface area (Å²) in [5, 5.41) is 3.23. The van der Waals surface area contributed by atoms with Crippen molar-refractivity contribution in [1.82, 2.24) is 9.97 Å². The quantitative estimate of drug-likeness (QED) is 0.322. The zero-order valence-electron chi connectivity index (χ0n) is 12.3. The topological polar surface area (TPSA) is 94.3 Å². The van der Waals surface area contributed by atoms with E-state index in [0.717, 1.165) is 38.4 Å². The maximum Gasteiger partial charge on any atom is 0.158 e. The number of anilines is 2. The van der Waals surface area contributed by atoms with Crippen molar-refractivity contribution in [2.75, 3.05) is 37.1 Å². The summed E-state index contributed by atoms with van der Waals surface area (Å²) in [6.45, 7) is 7.38. The van der Waals surface area contributed by atoms with E-state index < -0.39 is 0 Å². The molecule has 0 spiro atoms. The van der Waals surface area contributed by atoms with Crippen LogP contribution in [0.4, 0.5) is 11.6 Å². The van der Waals surface area contributed by atoms with E-state index in [1.807, 2.05) is 6.92 Å². The highest BCUT2D eigenvalue weighted by Crippen LogP contribution is 2.11. The van der Waals surface area contributed by atoms with E-state index in [0.29, 0.717) is 24.9 Å². The Bertz CT molecular complexity index is 376. The fraction of sp³-hybridized carbons (Fsp3) is 0.692. The lowest BCUT2D eigenvalue weighted by molar-refractivity contribution is 0.128. The molecule has 4 N–H and O–H groups in total. The second-order valence-corrected chi connectivity index (χ2v) is 4.23. The predicted molar refractivity (Wildman–Crippen MR) is 79.4 cm³/mol. The molecule has 1 aromatic heterocycles. The molecule has 20 heavy (non-hydrogen) atoms. The molecule has 1 rings (SSSR count). The van der Waals surface area contributed by atoms with Crippen LogP contribution in [0.5, 0.6) is 0 Å². The lowest BCUT2D eigenvalue weighted by atomic mass is 10.4. The van der Waals surface area contributed by atoms with Crippen molar-refractivity contribution in [2.45, 2.75) is 33.3 Å². The highest BCUT2D eigenvalue weighted by molar-refractivity contribution is 5.46. The molecule has 0 bridgehead atoms. The van der Waals surface area contributed by atoms with E-state index in [2.05, 4.69) is 27.6 Å². The van der Waals surface area contributed by atoms with Crippen LogP contribution in [-0.4, -0.2) is 36.3 Å². The Kier molecular flexibility index (Phi) is 8.61. The molecule has 7 nitrogen and oxygen atoms in total. The van der Waals surface area contributed by atoms with Gasteiger partial charge in [-0.1, -0.05) is 6.92 Å². The zero-order chi connectivity index (χ0) is 14.6. The number of ether oxygens (including phenoxy) is 2. The van der Waals surface area contributed by atoms with Crippen LogP contribution in [0, 0.1) is 0 Å². The number of nitrogens with zero attached hydrogens (tertiary/aromatic N) is 2. The number of nitrogen functional groups attached to an aromatic ring is 1. The molecular weight excluding hydrogens is 258 g/mol. The van der Waals surface area contributed by atoms with Crippen molar-refractivity contribution < 1.29 is 9.47 Å². The van der Waals surface area contributed by atoms with E-state index in [1.165, 1.54) is 0 Å². The average Bonchev–Trinajstić information content (AvgIpc) is 2.48. The van der Waals surface area contributed by atoms with Crippen molar-refractivity contribution in [1.29, 1.82) is 0 Å². The Morgan fingerprint density at radius 2 is 1.95 bits per heavy atom. The molecule has 0 aromatic carbocycles. The molecule has 0 atom stereocenters. The normalized spacial score (nSPS) is 10.6. The summed E-state index contributed by atoms with van der Waals surface area (Å²) < 4.78 is 10.7. The molecule has 7 heteroatoms. The van der Waals surface area contributed by atoms with Crippen LogP contribution in [-0.2, 0) is 16.1 Å².